The number of nitrogens with zero attached hydrogens (tertiary/aromatic N) is 1. The average Bonchev–Trinajstić information content (AvgIpc) is 3.10. The van der Waals surface area contributed by atoms with Gasteiger partial charge in [0.1, 0.15) is 18.5 Å². The molecule has 4 rings (SSSR count). The second kappa shape index (κ2) is 12.3. The van der Waals surface area contributed by atoms with Gasteiger partial charge < -0.3 is 14.9 Å². The summed E-state index contributed by atoms with van der Waals surface area (Å²) in [5.74, 6) is 0.697. The van der Waals surface area contributed by atoms with Crippen LogP contribution in [0.4, 0.5) is 11.4 Å². The molecule has 0 unspecified atom stereocenters. The van der Waals surface area contributed by atoms with E-state index in [4.69, 9.17) is 4.74 Å². The van der Waals surface area contributed by atoms with E-state index in [9.17, 15) is 13.5 Å². The van der Waals surface area contributed by atoms with Gasteiger partial charge in [-0.05, 0) is 66.6 Å². The van der Waals surface area contributed by atoms with Gasteiger partial charge in [-0.1, -0.05) is 55.0 Å². The predicted octanol–water partition coefficient (Wildman–Crippen LogP) is 4.28. The highest BCUT2D eigenvalue weighted by atomic mass is 32.2. The minimum absolute atomic E-state index is 0.134. The molecule has 0 spiro atoms. The summed E-state index contributed by atoms with van der Waals surface area (Å²) in [6.45, 7) is 0.855. The summed E-state index contributed by atoms with van der Waals surface area (Å²) in [5.41, 5.74) is 8.11. The van der Waals surface area contributed by atoms with Crippen LogP contribution >= 0.6 is 0 Å². The molecule has 192 valence electrons. The molecule has 36 heavy (non-hydrogen) atoms. The van der Waals surface area contributed by atoms with Crippen LogP contribution < -0.4 is 19.9 Å². The molecule has 3 aromatic carbocycles. The van der Waals surface area contributed by atoms with E-state index in [0.717, 1.165) is 36.9 Å². The number of hydrogen-bond acceptors (Lipinski definition) is 6. The van der Waals surface area contributed by atoms with Gasteiger partial charge in [-0.15, -0.1) is 0 Å². The van der Waals surface area contributed by atoms with Gasteiger partial charge in [0.25, 0.3) is 0 Å². The largest absolute Gasteiger partial charge is 0.491 e. The molecular formula is C28H35N3O4S. The Kier molecular flexibility index (Phi) is 8.85. The summed E-state index contributed by atoms with van der Waals surface area (Å²) in [7, 11) is -3.49. The quantitative estimate of drug-likeness (QED) is 0.264. The Hall–Kier alpha value is -3.07. The van der Waals surface area contributed by atoms with Crippen molar-refractivity contribution in [1.29, 1.82) is 0 Å². The molecule has 0 saturated heterocycles. The van der Waals surface area contributed by atoms with Crippen molar-refractivity contribution in [1.82, 2.24) is 5.43 Å². The maximum atomic E-state index is 12.2. The fourth-order valence-electron chi connectivity index (χ4n) is 4.43. The van der Waals surface area contributed by atoms with Crippen molar-refractivity contribution in [2.24, 2.45) is 0 Å². The first-order valence-electron chi connectivity index (χ1n) is 12.4. The van der Waals surface area contributed by atoms with Crippen molar-refractivity contribution in [3.05, 3.63) is 89.5 Å². The lowest BCUT2D eigenvalue weighted by atomic mass is 10.0. The minimum Gasteiger partial charge on any atom is -0.491 e. The lowest BCUT2D eigenvalue weighted by Gasteiger charge is -2.30. The van der Waals surface area contributed by atoms with E-state index in [1.807, 2.05) is 71.7 Å². The number of hydrogen-bond donors (Lipinski definition) is 3. The van der Waals surface area contributed by atoms with Crippen molar-refractivity contribution < 1.29 is 18.3 Å². The number of para-hydroxylation sites is 1. The van der Waals surface area contributed by atoms with Crippen LogP contribution in [0.2, 0.25) is 0 Å². The van der Waals surface area contributed by atoms with Gasteiger partial charge in [0.2, 0.25) is 10.0 Å². The van der Waals surface area contributed by atoms with Crippen LogP contribution in [0.5, 0.6) is 5.75 Å². The van der Waals surface area contributed by atoms with Crippen LogP contribution in [0, 0.1) is 0 Å². The number of aryl methyl sites for hydroxylation is 2. The molecule has 0 fully saturated rings. The second-order valence-electron chi connectivity index (χ2n) is 9.28. The van der Waals surface area contributed by atoms with E-state index in [-0.39, 0.29) is 13.2 Å². The van der Waals surface area contributed by atoms with E-state index < -0.39 is 16.1 Å². The molecule has 7 nitrogen and oxygen atoms in total. The van der Waals surface area contributed by atoms with Gasteiger partial charge in [-0.2, -0.15) is 0 Å². The van der Waals surface area contributed by atoms with Gasteiger partial charge in [0, 0.05) is 6.54 Å². The number of nitrogens with one attached hydrogen (secondary N) is 2. The Balaban J connectivity index is 1.59. The smallest absolute Gasteiger partial charge is 0.229 e. The molecule has 0 radical (unpaired) electrons. The molecule has 3 aromatic rings. The number of sulfonamides is 1. The van der Waals surface area contributed by atoms with Gasteiger partial charge in [-0.3, -0.25) is 4.72 Å². The highest BCUT2D eigenvalue weighted by Crippen LogP contribution is 2.34. The number of aliphatic hydroxyl groups is 1. The number of fused-ring (bicyclic) bond motifs is 1. The average molecular weight is 510 g/mol. The van der Waals surface area contributed by atoms with Crippen LogP contribution in [0.15, 0.2) is 72.8 Å². The zero-order valence-electron chi connectivity index (χ0n) is 20.7. The Labute approximate surface area is 214 Å². The van der Waals surface area contributed by atoms with Crippen LogP contribution in [-0.2, 0) is 29.4 Å². The van der Waals surface area contributed by atoms with E-state index in [1.165, 1.54) is 23.8 Å². The van der Waals surface area contributed by atoms with E-state index >= 15 is 0 Å². The SMILES string of the molecule is CS(=O)(=O)Nc1cc2c(cc1N(Cc1ccccc1)NC[C@H](O)COc1ccccc1)CCCCC2. The van der Waals surface area contributed by atoms with Crippen molar-refractivity contribution in [3.63, 3.8) is 0 Å². The summed E-state index contributed by atoms with van der Waals surface area (Å²) >= 11 is 0. The summed E-state index contributed by atoms with van der Waals surface area (Å²) < 4.78 is 32.9. The molecule has 1 aliphatic rings. The van der Waals surface area contributed by atoms with E-state index in [0.29, 0.717) is 18.0 Å². The number of anilines is 2. The molecular weight excluding hydrogens is 474 g/mol. The number of rotatable bonds is 11. The number of ether oxygens (including phenoxy) is 1. The highest BCUT2D eigenvalue weighted by molar-refractivity contribution is 7.92. The fourth-order valence-corrected chi connectivity index (χ4v) is 4.99. The first kappa shape index (κ1) is 26.0. The summed E-state index contributed by atoms with van der Waals surface area (Å²) in [6.07, 6.45) is 5.69. The monoisotopic (exact) mass is 509 g/mol. The first-order valence-corrected chi connectivity index (χ1v) is 14.3. The molecule has 0 aliphatic heterocycles. The van der Waals surface area contributed by atoms with Crippen LogP contribution in [-0.4, -0.2) is 39.0 Å². The predicted molar refractivity (Wildman–Crippen MR) is 145 cm³/mol. The van der Waals surface area contributed by atoms with E-state index in [2.05, 4.69) is 16.2 Å². The maximum absolute atomic E-state index is 12.2. The Bertz CT molecular complexity index is 1220. The number of aliphatic hydroxyl groups excluding tert-OH is 1. The molecule has 1 atom stereocenters. The molecule has 0 bridgehead atoms. The van der Waals surface area contributed by atoms with Crippen molar-refractivity contribution in [2.45, 2.75) is 44.8 Å². The molecule has 3 N–H and O–H groups in total. The van der Waals surface area contributed by atoms with Gasteiger partial charge >= 0.3 is 0 Å². The normalized spacial score (nSPS) is 14.4. The van der Waals surface area contributed by atoms with Gasteiger partial charge in [-0.25, -0.2) is 13.8 Å². The molecule has 1 aliphatic carbocycles. The third-order valence-corrected chi connectivity index (χ3v) is 6.77. The molecule has 8 heteroatoms. The Morgan fingerprint density at radius 3 is 2.25 bits per heavy atom. The third-order valence-electron chi connectivity index (χ3n) is 6.18. The molecule has 0 saturated carbocycles. The fraction of sp³-hybridized carbons (Fsp3) is 0.357. The number of benzene rings is 3. The van der Waals surface area contributed by atoms with Crippen LogP contribution in [0.1, 0.15) is 36.0 Å². The summed E-state index contributed by atoms with van der Waals surface area (Å²) in [6, 6.07) is 23.4. The zero-order chi connectivity index (χ0) is 25.4. The topological polar surface area (TPSA) is 90.9 Å². The molecule has 0 heterocycles. The Morgan fingerprint density at radius 1 is 0.944 bits per heavy atom. The second-order valence-corrected chi connectivity index (χ2v) is 11.0. The summed E-state index contributed by atoms with van der Waals surface area (Å²) in [4.78, 5) is 0. The van der Waals surface area contributed by atoms with Gasteiger partial charge in [0.15, 0.2) is 0 Å². The summed E-state index contributed by atoms with van der Waals surface area (Å²) in [5, 5.41) is 12.5. The van der Waals surface area contributed by atoms with Crippen LogP contribution in [0.25, 0.3) is 0 Å². The maximum Gasteiger partial charge on any atom is 0.229 e. The van der Waals surface area contributed by atoms with Crippen molar-refractivity contribution in [2.75, 3.05) is 29.1 Å². The first-order chi connectivity index (χ1) is 17.4. The lowest BCUT2D eigenvalue weighted by molar-refractivity contribution is 0.105. The van der Waals surface area contributed by atoms with Crippen molar-refractivity contribution >= 4 is 21.4 Å². The third kappa shape index (κ3) is 7.71. The number of hydrazine groups is 1. The van der Waals surface area contributed by atoms with E-state index in [1.54, 1.807) is 0 Å². The standard InChI is InChI=1S/C28H35N3O4S/c1-36(33,34)30-27-17-23-13-7-3-8-14-24(23)18-28(27)31(20-22-11-5-2-6-12-22)29-19-25(32)21-35-26-15-9-4-10-16-26/h2,4-6,9-12,15-18,25,29-30,32H,3,7-8,13-14,19-21H2,1H3/t25-/m0/s1. The minimum atomic E-state index is -3.49. The molecule has 0 amide bonds. The molecule has 0 aromatic heterocycles. The highest BCUT2D eigenvalue weighted by Gasteiger charge is 2.20. The zero-order valence-corrected chi connectivity index (χ0v) is 21.5. The Morgan fingerprint density at radius 2 is 1.58 bits per heavy atom. The van der Waals surface area contributed by atoms with Crippen LogP contribution in [0.3, 0.4) is 0 Å². The van der Waals surface area contributed by atoms with Crippen molar-refractivity contribution in [3.8, 4) is 5.75 Å². The van der Waals surface area contributed by atoms with Gasteiger partial charge in [0.05, 0.1) is 24.2 Å². The lowest BCUT2D eigenvalue weighted by Crippen LogP contribution is -2.44.